The summed E-state index contributed by atoms with van der Waals surface area (Å²) in [4.78, 5) is 10.4. The summed E-state index contributed by atoms with van der Waals surface area (Å²) in [5.41, 5.74) is 0.905. The second kappa shape index (κ2) is 5.24. The predicted molar refractivity (Wildman–Crippen MR) is 52.8 cm³/mol. The molecule has 0 bridgehead atoms. The lowest BCUT2D eigenvalue weighted by atomic mass is 10.1. The number of benzene rings is 1. The van der Waals surface area contributed by atoms with E-state index in [4.69, 9.17) is 0 Å². The molecule has 0 atom stereocenters. The number of carbonyl (C=O) groups is 1. The van der Waals surface area contributed by atoms with Crippen molar-refractivity contribution in [2.24, 2.45) is 0 Å². The number of alkyl halides is 2. The van der Waals surface area contributed by atoms with Crippen LogP contribution in [-0.4, -0.2) is 12.9 Å². The summed E-state index contributed by atoms with van der Waals surface area (Å²) in [6, 6.07) is 6.30. The molecule has 0 fully saturated rings. The molecule has 0 spiro atoms. The molecule has 0 aliphatic carbocycles. The summed E-state index contributed by atoms with van der Waals surface area (Å²) >= 11 is 0. The number of hydrogen-bond donors (Lipinski definition) is 0. The molecule has 80 valence electrons. The minimum absolute atomic E-state index is 0.0636. The SMILES string of the molecule is C/C(C=O)=C\c1ccccc1OC(F)F. The number of ether oxygens (including phenoxy) is 1. The standard InChI is InChI=1S/C11H10F2O2/c1-8(7-14)6-9-4-2-3-5-10(9)15-11(12)13/h2-7,11H,1H3/b8-6+. The fraction of sp³-hybridized carbons (Fsp3) is 0.182. The molecule has 4 heteroatoms. The van der Waals surface area contributed by atoms with Crippen molar-refractivity contribution in [2.75, 3.05) is 0 Å². The van der Waals surface area contributed by atoms with Gasteiger partial charge in [-0.2, -0.15) is 8.78 Å². The van der Waals surface area contributed by atoms with Gasteiger partial charge in [-0.25, -0.2) is 0 Å². The Labute approximate surface area is 86.2 Å². The van der Waals surface area contributed by atoms with Gasteiger partial charge in [0.2, 0.25) is 0 Å². The first-order chi connectivity index (χ1) is 7.13. The van der Waals surface area contributed by atoms with E-state index in [0.717, 1.165) is 0 Å². The van der Waals surface area contributed by atoms with Gasteiger partial charge in [-0.15, -0.1) is 0 Å². The number of allylic oxidation sites excluding steroid dienone is 1. The van der Waals surface area contributed by atoms with Crippen molar-refractivity contribution in [1.29, 1.82) is 0 Å². The first-order valence-electron chi connectivity index (χ1n) is 4.31. The van der Waals surface area contributed by atoms with Gasteiger partial charge in [0.25, 0.3) is 0 Å². The van der Waals surface area contributed by atoms with Crippen LogP contribution in [0.15, 0.2) is 29.8 Å². The fourth-order valence-electron chi connectivity index (χ4n) is 1.08. The molecule has 0 saturated carbocycles. The van der Waals surface area contributed by atoms with Crippen molar-refractivity contribution < 1.29 is 18.3 Å². The largest absolute Gasteiger partial charge is 0.434 e. The van der Waals surface area contributed by atoms with E-state index in [0.29, 0.717) is 17.4 Å². The normalized spacial score (nSPS) is 11.6. The van der Waals surface area contributed by atoms with Crippen LogP contribution in [0.1, 0.15) is 12.5 Å². The number of rotatable bonds is 4. The highest BCUT2D eigenvalue weighted by atomic mass is 19.3. The van der Waals surface area contributed by atoms with Crippen LogP contribution in [0.5, 0.6) is 5.75 Å². The lowest BCUT2D eigenvalue weighted by Gasteiger charge is -2.07. The summed E-state index contributed by atoms with van der Waals surface area (Å²) in [7, 11) is 0. The molecule has 0 aromatic heterocycles. The van der Waals surface area contributed by atoms with Gasteiger partial charge in [0, 0.05) is 5.56 Å². The molecule has 0 radical (unpaired) electrons. The van der Waals surface area contributed by atoms with Crippen LogP contribution in [0, 0.1) is 0 Å². The second-order valence-corrected chi connectivity index (χ2v) is 2.92. The smallest absolute Gasteiger partial charge is 0.387 e. The molecular weight excluding hydrogens is 202 g/mol. The molecule has 0 aliphatic heterocycles. The number of aldehydes is 1. The Morgan fingerprint density at radius 1 is 1.40 bits per heavy atom. The van der Waals surface area contributed by atoms with Crippen molar-refractivity contribution >= 4 is 12.4 Å². The lowest BCUT2D eigenvalue weighted by Crippen LogP contribution is -2.03. The van der Waals surface area contributed by atoms with Crippen molar-refractivity contribution in [1.82, 2.24) is 0 Å². The van der Waals surface area contributed by atoms with Gasteiger partial charge >= 0.3 is 6.61 Å². The van der Waals surface area contributed by atoms with E-state index in [1.54, 1.807) is 25.1 Å². The van der Waals surface area contributed by atoms with E-state index in [-0.39, 0.29) is 5.75 Å². The quantitative estimate of drug-likeness (QED) is 0.566. The molecule has 2 nitrogen and oxygen atoms in total. The molecule has 0 unspecified atom stereocenters. The molecule has 1 rings (SSSR count). The molecule has 0 saturated heterocycles. The third kappa shape index (κ3) is 3.50. The van der Waals surface area contributed by atoms with Gasteiger partial charge in [0.1, 0.15) is 12.0 Å². The summed E-state index contributed by atoms with van der Waals surface area (Å²) in [6.07, 6.45) is 2.14. The average Bonchev–Trinajstić information content (AvgIpc) is 2.20. The molecule has 0 aliphatic rings. The minimum Gasteiger partial charge on any atom is -0.434 e. The molecule has 1 aromatic rings. The zero-order valence-corrected chi connectivity index (χ0v) is 8.11. The number of halogens is 2. The maximum atomic E-state index is 12.0. The monoisotopic (exact) mass is 212 g/mol. The summed E-state index contributed by atoms with van der Waals surface area (Å²) < 4.78 is 28.3. The first kappa shape index (κ1) is 11.4. The summed E-state index contributed by atoms with van der Waals surface area (Å²) in [5.74, 6) is 0.0636. The third-order valence-electron chi connectivity index (χ3n) is 1.70. The Kier molecular flexibility index (Phi) is 3.97. The molecule has 1 aromatic carbocycles. The summed E-state index contributed by atoms with van der Waals surface area (Å²) in [6.45, 7) is -1.28. The van der Waals surface area contributed by atoms with Crippen LogP contribution in [0.3, 0.4) is 0 Å². The van der Waals surface area contributed by atoms with Crippen LogP contribution < -0.4 is 4.74 Å². The van der Waals surface area contributed by atoms with E-state index >= 15 is 0 Å². The maximum absolute atomic E-state index is 12.0. The zero-order chi connectivity index (χ0) is 11.3. The van der Waals surface area contributed by atoms with Crippen molar-refractivity contribution in [3.63, 3.8) is 0 Å². The average molecular weight is 212 g/mol. The number of hydrogen-bond acceptors (Lipinski definition) is 2. The van der Waals surface area contributed by atoms with Crippen LogP contribution in [0.25, 0.3) is 6.08 Å². The van der Waals surface area contributed by atoms with Gasteiger partial charge in [-0.3, -0.25) is 4.79 Å². The topological polar surface area (TPSA) is 26.3 Å². The van der Waals surface area contributed by atoms with E-state index in [1.807, 2.05) is 0 Å². The van der Waals surface area contributed by atoms with E-state index < -0.39 is 6.61 Å². The molecule has 0 amide bonds. The Morgan fingerprint density at radius 2 is 2.07 bits per heavy atom. The van der Waals surface area contributed by atoms with Crippen LogP contribution in [-0.2, 0) is 4.79 Å². The van der Waals surface area contributed by atoms with Gasteiger partial charge in [-0.05, 0) is 24.6 Å². The lowest BCUT2D eigenvalue weighted by molar-refractivity contribution is -0.104. The second-order valence-electron chi connectivity index (χ2n) is 2.92. The Morgan fingerprint density at radius 3 is 2.67 bits per heavy atom. The Balaban J connectivity index is 3.01. The van der Waals surface area contributed by atoms with Crippen molar-refractivity contribution in [3.8, 4) is 5.75 Å². The first-order valence-corrected chi connectivity index (χ1v) is 4.31. The number of carbonyl (C=O) groups excluding carboxylic acids is 1. The van der Waals surface area contributed by atoms with Crippen LogP contribution in [0.2, 0.25) is 0 Å². The van der Waals surface area contributed by atoms with Crippen LogP contribution in [0.4, 0.5) is 8.78 Å². The highest BCUT2D eigenvalue weighted by molar-refractivity contribution is 5.81. The maximum Gasteiger partial charge on any atom is 0.387 e. The fourth-order valence-corrected chi connectivity index (χ4v) is 1.08. The van der Waals surface area contributed by atoms with E-state index in [2.05, 4.69) is 4.74 Å². The highest BCUT2D eigenvalue weighted by Gasteiger charge is 2.07. The third-order valence-corrected chi connectivity index (χ3v) is 1.70. The number of para-hydroxylation sites is 1. The molecule has 0 N–H and O–H groups in total. The van der Waals surface area contributed by atoms with E-state index in [9.17, 15) is 13.6 Å². The summed E-state index contributed by atoms with van der Waals surface area (Å²) in [5, 5.41) is 0. The van der Waals surface area contributed by atoms with Crippen molar-refractivity contribution in [3.05, 3.63) is 35.4 Å². The molecule has 0 heterocycles. The minimum atomic E-state index is -2.86. The van der Waals surface area contributed by atoms with E-state index in [1.165, 1.54) is 12.1 Å². The van der Waals surface area contributed by atoms with Crippen LogP contribution >= 0.6 is 0 Å². The molecular formula is C11H10F2O2. The Hall–Kier alpha value is -1.71. The van der Waals surface area contributed by atoms with Gasteiger partial charge < -0.3 is 4.74 Å². The zero-order valence-electron chi connectivity index (χ0n) is 8.11. The highest BCUT2D eigenvalue weighted by Crippen LogP contribution is 2.22. The van der Waals surface area contributed by atoms with Gasteiger partial charge in [-0.1, -0.05) is 18.2 Å². The van der Waals surface area contributed by atoms with Crippen molar-refractivity contribution in [2.45, 2.75) is 13.5 Å². The van der Waals surface area contributed by atoms with Gasteiger partial charge in [0.15, 0.2) is 0 Å². The molecule has 15 heavy (non-hydrogen) atoms. The predicted octanol–water partition coefficient (Wildman–Crippen LogP) is 2.89. The van der Waals surface area contributed by atoms with Gasteiger partial charge in [0.05, 0.1) is 0 Å². The Bertz CT molecular complexity index is 373.